The first-order chi connectivity index (χ1) is 11.8. The predicted octanol–water partition coefficient (Wildman–Crippen LogP) is 3.32. The molecule has 25 heavy (non-hydrogen) atoms. The van der Waals surface area contributed by atoms with Crippen molar-refractivity contribution in [2.75, 3.05) is 13.1 Å². The Morgan fingerprint density at radius 3 is 2.36 bits per heavy atom. The molecule has 0 heterocycles. The number of carbonyl (C=O) groups is 1. The van der Waals surface area contributed by atoms with Gasteiger partial charge in [-0.25, -0.2) is 8.42 Å². The SMILES string of the molecule is CCNC(=O)CN(Cc1ccc(Cl)c(Cl)c1)S(=O)(=O)c1ccccc1. The first-order valence-electron chi connectivity index (χ1n) is 7.60. The van der Waals surface area contributed by atoms with E-state index in [9.17, 15) is 13.2 Å². The maximum atomic E-state index is 12.9. The van der Waals surface area contributed by atoms with Crippen LogP contribution in [0.3, 0.4) is 0 Å². The fourth-order valence-electron chi connectivity index (χ4n) is 2.22. The number of nitrogens with one attached hydrogen (secondary N) is 1. The fraction of sp³-hybridized carbons (Fsp3) is 0.235. The molecule has 0 aliphatic rings. The number of hydrogen-bond acceptors (Lipinski definition) is 3. The summed E-state index contributed by atoms with van der Waals surface area (Å²) in [5.74, 6) is -0.373. The summed E-state index contributed by atoms with van der Waals surface area (Å²) in [5, 5.41) is 3.32. The molecule has 5 nitrogen and oxygen atoms in total. The van der Waals surface area contributed by atoms with Crippen molar-refractivity contribution >= 4 is 39.1 Å². The minimum atomic E-state index is -3.84. The maximum absolute atomic E-state index is 12.9. The lowest BCUT2D eigenvalue weighted by Gasteiger charge is -2.22. The van der Waals surface area contributed by atoms with Gasteiger partial charge in [0, 0.05) is 13.1 Å². The van der Waals surface area contributed by atoms with Gasteiger partial charge in [-0.05, 0) is 36.8 Å². The molecule has 0 aromatic heterocycles. The summed E-state index contributed by atoms with van der Waals surface area (Å²) in [4.78, 5) is 12.1. The van der Waals surface area contributed by atoms with E-state index < -0.39 is 10.0 Å². The molecule has 0 saturated heterocycles. The van der Waals surface area contributed by atoms with Crippen LogP contribution in [0.5, 0.6) is 0 Å². The van der Waals surface area contributed by atoms with E-state index in [0.717, 1.165) is 4.31 Å². The molecule has 0 spiro atoms. The highest BCUT2D eigenvalue weighted by Gasteiger charge is 2.26. The third kappa shape index (κ3) is 5.19. The number of rotatable bonds is 7. The van der Waals surface area contributed by atoms with Crippen molar-refractivity contribution in [3.05, 3.63) is 64.1 Å². The fourth-order valence-corrected chi connectivity index (χ4v) is 3.95. The van der Waals surface area contributed by atoms with E-state index in [2.05, 4.69) is 5.32 Å². The van der Waals surface area contributed by atoms with Crippen LogP contribution < -0.4 is 5.32 Å². The van der Waals surface area contributed by atoms with Crippen LogP contribution in [0.15, 0.2) is 53.4 Å². The van der Waals surface area contributed by atoms with Crippen molar-refractivity contribution in [2.24, 2.45) is 0 Å². The van der Waals surface area contributed by atoms with Crippen molar-refractivity contribution in [3.63, 3.8) is 0 Å². The Morgan fingerprint density at radius 2 is 1.76 bits per heavy atom. The summed E-state index contributed by atoms with van der Waals surface area (Å²) in [6.45, 7) is 1.91. The zero-order valence-electron chi connectivity index (χ0n) is 13.6. The third-order valence-corrected chi connectivity index (χ3v) is 5.96. The van der Waals surface area contributed by atoms with Crippen LogP contribution in [0, 0.1) is 0 Å². The Morgan fingerprint density at radius 1 is 1.08 bits per heavy atom. The summed E-state index contributed by atoms with van der Waals surface area (Å²) < 4.78 is 26.9. The van der Waals surface area contributed by atoms with Crippen LogP contribution in [-0.4, -0.2) is 31.7 Å². The van der Waals surface area contributed by atoms with Gasteiger partial charge in [0.2, 0.25) is 15.9 Å². The Kier molecular flexibility index (Phi) is 6.84. The van der Waals surface area contributed by atoms with Gasteiger partial charge in [-0.2, -0.15) is 4.31 Å². The molecule has 0 aliphatic carbocycles. The van der Waals surface area contributed by atoms with Gasteiger partial charge >= 0.3 is 0 Å². The molecule has 1 N–H and O–H groups in total. The molecule has 0 fully saturated rings. The molecule has 2 aromatic rings. The van der Waals surface area contributed by atoms with Gasteiger partial charge in [-0.3, -0.25) is 4.79 Å². The largest absolute Gasteiger partial charge is 0.355 e. The highest BCUT2D eigenvalue weighted by molar-refractivity contribution is 7.89. The van der Waals surface area contributed by atoms with E-state index in [-0.39, 0.29) is 23.9 Å². The number of nitrogens with zero attached hydrogens (tertiary/aromatic N) is 1. The summed E-state index contributed by atoms with van der Waals surface area (Å²) in [6, 6.07) is 12.9. The molecule has 8 heteroatoms. The number of halogens is 2. The zero-order chi connectivity index (χ0) is 18.4. The topological polar surface area (TPSA) is 66.5 Å². The highest BCUT2D eigenvalue weighted by Crippen LogP contribution is 2.25. The normalized spacial score (nSPS) is 11.5. The summed E-state index contributed by atoms with van der Waals surface area (Å²) >= 11 is 11.9. The second-order valence-electron chi connectivity index (χ2n) is 5.29. The van der Waals surface area contributed by atoms with Gasteiger partial charge in [0.05, 0.1) is 21.5 Å². The van der Waals surface area contributed by atoms with E-state index in [1.165, 1.54) is 12.1 Å². The lowest BCUT2D eigenvalue weighted by molar-refractivity contribution is -0.121. The number of likely N-dealkylation sites (N-methyl/N-ethyl adjacent to an activating group) is 1. The van der Waals surface area contributed by atoms with Gasteiger partial charge in [-0.15, -0.1) is 0 Å². The molecule has 2 rings (SSSR count). The lowest BCUT2D eigenvalue weighted by Crippen LogP contribution is -2.40. The van der Waals surface area contributed by atoms with Crippen molar-refractivity contribution in [1.82, 2.24) is 9.62 Å². The Balaban J connectivity index is 2.35. The second-order valence-corrected chi connectivity index (χ2v) is 8.04. The van der Waals surface area contributed by atoms with Crippen LogP contribution >= 0.6 is 23.2 Å². The van der Waals surface area contributed by atoms with Crippen molar-refractivity contribution < 1.29 is 13.2 Å². The monoisotopic (exact) mass is 400 g/mol. The van der Waals surface area contributed by atoms with Crippen molar-refractivity contribution in [3.8, 4) is 0 Å². The van der Waals surface area contributed by atoms with E-state index in [4.69, 9.17) is 23.2 Å². The molecule has 0 unspecified atom stereocenters. The first kappa shape index (κ1) is 19.7. The molecule has 0 radical (unpaired) electrons. The Labute approximate surface area is 157 Å². The number of benzene rings is 2. The molecule has 2 aromatic carbocycles. The molecular weight excluding hydrogens is 383 g/mol. The molecule has 0 bridgehead atoms. The lowest BCUT2D eigenvalue weighted by atomic mass is 10.2. The molecule has 134 valence electrons. The van der Waals surface area contributed by atoms with Gasteiger partial charge in [0.25, 0.3) is 0 Å². The predicted molar refractivity (Wildman–Crippen MR) is 99.2 cm³/mol. The van der Waals surface area contributed by atoms with Crippen LogP contribution in [0.1, 0.15) is 12.5 Å². The van der Waals surface area contributed by atoms with Crippen LogP contribution in [0.4, 0.5) is 0 Å². The first-order valence-corrected chi connectivity index (χ1v) is 9.80. The molecule has 0 saturated carbocycles. The Hall–Kier alpha value is -1.60. The smallest absolute Gasteiger partial charge is 0.243 e. The number of sulfonamides is 1. The zero-order valence-corrected chi connectivity index (χ0v) is 15.9. The van der Waals surface area contributed by atoms with Crippen molar-refractivity contribution in [1.29, 1.82) is 0 Å². The van der Waals surface area contributed by atoms with Gasteiger partial charge in [0.15, 0.2) is 0 Å². The Bertz CT molecular complexity index is 842. The van der Waals surface area contributed by atoms with E-state index in [0.29, 0.717) is 22.2 Å². The van der Waals surface area contributed by atoms with Crippen molar-refractivity contribution in [2.45, 2.75) is 18.4 Å². The highest BCUT2D eigenvalue weighted by atomic mass is 35.5. The van der Waals surface area contributed by atoms with Gasteiger partial charge < -0.3 is 5.32 Å². The summed E-state index contributed by atoms with van der Waals surface area (Å²) in [6.07, 6.45) is 0. The van der Waals surface area contributed by atoms with Gasteiger partial charge in [0.1, 0.15) is 0 Å². The minimum absolute atomic E-state index is 0.00521. The molecule has 0 atom stereocenters. The number of amides is 1. The summed E-state index contributed by atoms with van der Waals surface area (Å²) in [5.41, 5.74) is 0.637. The molecular formula is C17H18Cl2N2O3S. The van der Waals surface area contributed by atoms with E-state index in [1.807, 2.05) is 0 Å². The molecule has 0 aliphatic heterocycles. The quantitative estimate of drug-likeness (QED) is 0.774. The standard InChI is InChI=1S/C17H18Cl2N2O3S/c1-2-20-17(22)12-21(11-13-8-9-15(18)16(19)10-13)25(23,24)14-6-4-3-5-7-14/h3-10H,2,11-12H2,1H3,(H,20,22). The minimum Gasteiger partial charge on any atom is -0.355 e. The van der Waals surface area contributed by atoms with Crippen LogP contribution in [-0.2, 0) is 21.4 Å². The van der Waals surface area contributed by atoms with E-state index >= 15 is 0 Å². The number of hydrogen-bond donors (Lipinski definition) is 1. The maximum Gasteiger partial charge on any atom is 0.243 e. The van der Waals surface area contributed by atoms with Gasteiger partial charge in [-0.1, -0.05) is 47.5 Å². The van der Waals surface area contributed by atoms with Crippen LogP contribution in [0.2, 0.25) is 10.0 Å². The van der Waals surface area contributed by atoms with E-state index in [1.54, 1.807) is 43.3 Å². The summed E-state index contributed by atoms with van der Waals surface area (Å²) in [7, 11) is -3.84. The average molecular weight is 401 g/mol. The molecule has 1 amide bonds. The number of carbonyl (C=O) groups excluding carboxylic acids is 1. The second kappa shape index (κ2) is 8.67. The average Bonchev–Trinajstić information content (AvgIpc) is 2.58. The third-order valence-electron chi connectivity index (χ3n) is 3.42. The van der Waals surface area contributed by atoms with Crippen LogP contribution in [0.25, 0.3) is 0 Å².